The molecule has 0 aliphatic carbocycles. The number of nitrogens with one attached hydrogen (secondary N) is 1. The summed E-state index contributed by atoms with van der Waals surface area (Å²) in [7, 11) is 0. The van der Waals surface area contributed by atoms with Crippen LogP contribution in [-0.2, 0) is 0 Å². The van der Waals surface area contributed by atoms with Gasteiger partial charge in [-0.2, -0.15) is 0 Å². The van der Waals surface area contributed by atoms with E-state index in [0.717, 1.165) is 13.0 Å². The zero-order valence-corrected chi connectivity index (χ0v) is 15.0. The van der Waals surface area contributed by atoms with Gasteiger partial charge in [-0.05, 0) is 72.4 Å². The highest BCUT2D eigenvalue weighted by Crippen LogP contribution is 2.34. The van der Waals surface area contributed by atoms with Crippen LogP contribution in [0.5, 0.6) is 0 Å². The van der Waals surface area contributed by atoms with Gasteiger partial charge in [-0.3, -0.25) is 0 Å². The summed E-state index contributed by atoms with van der Waals surface area (Å²) in [5, 5.41) is 3.70. The molecule has 1 N–H and O–H groups in total. The lowest BCUT2D eigenvalue weighted by atomic mass is 9.94. The summed E-state index contributed by atoms with van der Waals surface area (Å²) in [6.07, 6.45) is 1.14. The molecule has 0 amide bonds. The van der Waals surface area contributed by atoms with E-state index in [1.807, 2.05) is 11.3 Å². The Morgan fingerprint density at radius 1 is 1.15 bits per heavy atom. The van der Waals surface area contributed by atoms with Crippen LogP contribution in [0.4, 0.5) is 0 Å². The van der Waals surface area contributed by atoms with Crippen molar-refractivity contribution in [3.63, 3.8) is 0 Å². The van der Waals surface area contributed by atoms with Crippen molar-refractivity contribution in [2.45, 2.75) is 40.2 Å². The molecular weight excluding hydrogens is 330 g/mol. The van der Waals surface area contributed by atoms with Crippen LogP contribution in [-0.4, -0.2) is 6.54 Å². The summed E-state index contributed by atoms with van der Waals surface area (Å²) in [4.78, 5) is 1.38. The van der Waals surface area contributed by atoms with E-state index < -0.39 is 0 Å². The molecule has 0 saturated carbocycles. The van der Waals surface area contributed by atoms with E-state index >= 15 is 0 Å². The molecule has 1 nitrogen and oxygen atoms in total. The first kappa shape index (κ1) is 15.7. The number of rotatable bonds is 5. The van der Waals surface area contributed by atoms with Crippen LogP contribution in [0.15, 0.2) is 28.1 Å². The first-order valence-corrected chi connectivity index (χ1v) is 8.70. The SMILES string of the molecule is CCCNC(c1ccc(C)cc1C)c1cc(Br)sc1C. The van der Waals surface area contributed by atoms with Crippen LogP contribution < -0.4 is 5.32 Å². The van der Waals surface area contributed by atoms with Crippen LogP contribution in [0.25, 0.3) is 0 Å². The predicted molar refractivity (Wildman–Crippen MR) is 92.8 cm³/mol. The van der Waals surface area contributed by atoms with Crippen LogP contribution in [0.3, 0.4) is 0 Å². The fraction of sp³-hybridized carbons (Fsp3) is 0.412. The molecule has 0 bridgehead atoms. The molecule has 2 aromatic rings. The summed E-state index contributed by atoms with van der Waals surface area (Å²) >= 11 is 5.42. The van der Waals surface area contributed by atoms with Crippen LogP contribution in [0.2, 0.25) is 0 Å². The van der Waals surface area contributed by atoms with Crippen molar-refractivity contribution >= 4 is 27.3 Å². The van der Waals surface area contributed by atoms with E-state index in [9.17, 15) is 0 Å². The van der Waals surface area contributed by atoms with Gasteiger partial charge in [0.1, 0.15) is 0 Å². The number of hydrogen-bond acceptors (Lipinski definition) is 2. The topological polar surface area (TPSA) is 12.0 Å². The molecule has 0 fully saturated rings. The van der Waals surface area contributed by atoms with Crippen molar-refractivity contribution in [1.29, 1.82) is 0 Å². The first-order valence-electron chi connectivity index (χ1n) is 7.09. The van der Waals surface area contributed by atoms with Gasteiger partial charge < -0.3 is 5.32 Å². The van der Waals surface area contributed by atoms with Gasteiger partial charge in [0.05, 0.1) is 9.83 Å². The molecule has 1 unspecified atom stereocenters. The van der Waals surface area contributed by atoms with Gasteiger partial charge in [-0.1, -0.05) is 30.7 Å². The third-order valence-electron chi connectivity index (χ3n) is 3.57. The van der Waals surface area contributed by atoms with Gasteiger partial charge >= 0.3 is 0 Å². The zero-order valence-electron chi connectivity index (χ0n) is 12.6. The van der Waals surface area contributed by atoms with Gasteiger partial charge in [-0.15, -0.1) is 11.3 Å². The molecule has 0 saturated heterocycles. The van der Waals surface area contributed by atoms with Crippen molar-refractivity contribution in [3.8, 4) is 0 Å². The Morgan fingerprint density at radius 2 is 1.90 bits per heavy atom. The molecule has 0 aliphatic heterocycles. The Morgan fingerprint density at radius 3 is 2.45 bits per heavy atom. The van der Waals surface area contributed by atoms with Crippen LogP contribution >= 0.6 is 27.3 Å². The van der Waals surface area contributed by atoms with E-state index in [1.165, 1.54) is 30.9 Å². The molecular formula is C17H22BrNS. The Labute approximate surface area is 134 Å². The van der Waals surface area contributed by atoms with E-state index in [-0.39, 0.29) is 6.04 Å². The summed E-state index contributed by atoms with van der Waals surface area (Å²) in [5.74, 6) is 0. The van der Waals surface area contributed by atoms with Gasteiger partial charge in [0.15, 0.2) is 0 Å². The molecule has 108 valence electrons. The van der Waals surface area contributed by atoms with E-state index in [0.29, 0.717) is 0 Å². The Bertz CT molecular complexity index is 589. The van der Waals surface area contributed by atoms with Gasteiger partial charge in [0.25, 0.3) is 0 Å². The quantitative estimate of drug-likeness (QED) is 0.747. The summed E-state index contributed by atoms with van der Waals surface area (Å²) < 4.78 is 1.21. The number of aryl methyl sites for hydroxylation is 3. The maximum absolute atomic E-state index is 3.70. The maximum atomic E-state index is 3.70. The predicted octanol–water partition coefficient (Wildman–Crippen LogP) is 5.52. The largest absolute Gasteiger partial charge is 0.306 e. The highest BCUT2D eigenvalue weighted by Gasteiger charge is 2.19. The molecule has 0 aliphatic rings. The molecule has 20 heavy (non-hydrogen) atoms. The van der Waals surface area contributed by atoms with Crippen molar-refractivity contribution in [3.05, 3.63) is 55.2 Å². The fourth-order valence-electron chi connectivity index (χ4n) is 2.57. The van der Waals surface area contributed by atoms with Crippen LogP contribution in [0, 0.1) is 20.8 Å². The highest BCUT2D eigenvalue weighted by atomic mass is 79.9. The van der Waals surface area contributed by atoms with Crippen molar-refractivity contribution in [1.82, 2.24) is 5.32 Å². The van der Waals surface area contributed by atoms with Crippen molar-refractivity contribution in [2.24, 2.45) is 0 Å². The smallest absolute Gasteiger partial charge is 0.0704 e. The average molecular weight is 352 g/mol. The van der Waals surface area contributed by atoms with Gasteiger partial charge in [-0.25, -0.2) is 0 Å². The average Bonchev–Trinajstić information content (AvgIpc) is 2.71. The third-order valence-corrected chi connectivity index (χ3v) is 5.14. The molecule has 1 heterocycles. The molecule has 0 spiro atoms. The minimum absolute atomic E-state index is 0.290. The number of benzene rings is 1. The minimum atomic E-state index is 0.290. The molecule has 1 atom stereocenters. The summed E-state index contributed by atoms with van der Waals surface area (Å²) in [6.45, 7) is 9.81. The van der Waals surface area contributed by atoms with E-state index in [2.05, 4.69) is 73.2 Å². The maximum Gasteiger partial charge on any atom is 0.0704 e. The lowest BCUT2D eigenvalue weighted by molar-refractivity contribution is 0.595. The zero-order chi connectivity index (χ0) is 14.7. The molecule has 0 radical (unpaired) electrons. The molecule has 3 heteroatoms. The normalized spacial score (nSPS) is 12.7. The summed E-state index contributed by atoms with van der Waals surface area (Å²) in [6, 6.07) is 9.29. The molecule has 1 aromatic carbocycles. The van der Waals surface area contributed by atoms with E-state index in [1.54, 1.807) is 0 Å². The minimum Gasteiger partial charge on any atom is -0.306 e. The Hall–Kier alpha value is -0.640. The number of halogens is 1. The fourth-order valence-corrected chi connectivity index (χ4v) is 4.32. The molecule has 2 rings (SSSR count). The highest BCUT2D eigenvalue weighted by molar-refractivity contribution is 9.11. The van der Waals surface area contributed by atoms with Gasteiger partial charge in [0.2, 0.25) is 0 Å². The lowest BCUT2D eigenvalue weighted by Crippen LogP contribution is -2.24. The third kappa shape index (κ3) is 3.51. The van der Waals surface area contributed by atoms with E-state index in [4.69, 9.17) is 0 Å². The second-order valence-corrected chi connectivity index (χ2v) is 7.94. The van der Waals surface area contributed by atoms with Crippen LogP contribution in [0.1, 0.15) is 46.5 Å². The van der Waals surface area contributed by atoms with Crippen molar-refractivity contribution in [2.75, 3.05) is 6.54 Å². The standard InChI is InChI=1S/C17H22BrNS/c1-5-8-19-17(15-10-16(18)20-13(15)4)14-7-6-11(2)9-12(14)3/h6-7,9-10,17,19H,5,8H2,1-4H3. The molecule has 1 aromatic heterocycles. The second kappa shape index (κ2) is 6.88. The number of hydrogen-bond donors (Lipinski definition) is 1. The number of thiophene rings is 1. The van der Waals surface area contributed by atoms with Crippen molar-refractivity contribution < 1.29 is 0 Å². The second-order valence-electron chi connectivity index (χ2n) is 5.31. The monoisotopic (exact) mass is 351 g/mol. The first-order chi connectivity index (χ1) is 9.52. The van der Waals surface area contributed by atoms with Gasteiger partial charge in [0, 0.05) is 4.88 Å². The summed E-state index contributed by atoms with van der Waals surface area (Å²) in [5.41, 5.74) is 5.46. The Kier molecular flexibility index (Phi) is 5.42. The lowest BCUT2D eigenvalue weighted by Gasteiger charge is -2.21. The Balaban J connectivity index is 2.44.